The molecule has 9 nitrogen and oxygen atoms in total. The Bertz CT molecular complexity index is 1130. The van der Waals surface area contributed by atoms with Crippen molar-refractivity contribution < 1.29 is 9.53 Å². The monoisotopic (exact) mass is 401 g/mol. The SMILES string of the molecule is O=C(c1cnn(-c2ccccc2)n1)N1CC(n2cc(COc3ccccc3)nn2)C1. The molecule has 150 valence electrons. The van der Waals surface area contributed by atoms with Crippen LogP contribution in [0.25, 0.3) is 5.69 Å². The quantitative estimate of drug-likeness (QED) is 0.492. The zero-order chi connectivity index (χ0) is 20.3. The van der Waals surface area contributed by atoms with Gasteiger partial charge in [0.05, 0.1) is 24.1 Å². The highest BCUT2D eigenvalue weighted by Gasteiger charge is 2.34. The molecule has 2 aromatic heterocycles. The van der Waals surface area contributed by atoms with Gasteiger partial charge in [0.15, 0.2) is 5.69 Å². The summed E-state index contributed by atoms with van der Waals surface area (Å²) in [6.07, 6.45) is 3.36. The second kappa shape index (κ2) is 7.78. The maximum atomic E-state index is 12.7. The third-order valence-electron chi connectivity index (χ3n) is 4.91. The second-order valence-electron chi connectivity index (χ2n) is 7.01. The van der Waals surface area contributed by atoms with E-state index in [2.05, 4.69) is 20.5 Å². The Kier molecular flexibility index (Phi) is 4.68. The summed E-state index contributed by atoms with van der Waals surface area (Å²) in [4.78, 5) is 15.8. The Labute approximate surface area is 172 Å². The first kappa shape index (κ1) is 18.0. The largest absolute Gasteiger partial charge is 0.487 e. The van der Waals surface area contributed by atoms with Crippen LogP contribution in [0.1, 0.15) is 22.2 Å². The molecule has 0 N–H and O–H groups in total. The van der Waals surface area contributed by atoms with Crippen molar-refractivity contribution in [1.29, 1.82) is 0 Å². The lowest BCUT2D eigenvalue weighted by Gasteiger charge is -2.38. The van der Waals surface area contributed by atoms with Crippen LogP contribution in [0.2, 0.25) is 0 Å². The molecule has 9 heteroatoms. The number of likely N-dealkylation sites (tertiary alicyclic amines) is 1. The molecule has 0 saturated carbocycles. The van der Waals surface area contributed by atoms with Gasteiger partial charge in [-0.2, -0.15) is 9.90 Å². The lowest BCUT2D eigenvalue weighted by molar-refractivity contribution is 0.0492. The number of rotatable bonds is 6. The molecule has 0 spiro atoms. The molecule has 0 unspecified atom stereocenters. The standard InChI is InChI=1S/C21H19N7O2/c29-21(20-11-22-28(24-20)17-7-3-1-4-8-17)26-13-18(14-26)27-12-16(23-25-27)15-30-19-9-5-2-6-10-19/h1-12,18H,13-15H2. The van der Waals surface area contributed by atoms with E-state index in [1.165, 1.54) is 11.0 Å². The van der Waals surface area contributed by atoms with E-state index in [1.54, 1.807) is 9.58 Å². The maximum Gasteiger partial charge on any atom is 0.276 e. The molecule has 1 aliphatic heterocycles. The van der Waals surface area contributed by atoms with E-state index in [0.717, 1.165) is 17.1 Å². The van der Waals surface area contributed by atoms with Gasteiger partial charge in [0.2, 0.25) is 0 Å². The number of ether oxygens (including phenoxy) is 1. The molecule has 5 rings (SSSR count). The molecule has 3 heterocycles. The number of nitrogens with zero attached hydrogens (tertiary/aromatic N) is 7. The van der Waals surface area contributed by atoms with Gasteiger partial charge in [0, 0.05) is 13.1 Å². The zero-order valence-corrected chi connectivity index (χ0v) is 16.1. The van der Waals surface area contributed by atoms with Crippen molar-refractivity contribution in [1.82, 2.24) is 34.9 Å². The van der Waals surface area contributed by atoms with Crippen molar-refractivity contribution in [3.05, 3.63) is 84.4 Å². The van der Waals surface area contributed by atoms with Crippen LogP contribution in [-0.4, -0.2) is 53.9 Å². The van der Waals surface area contributed by atoms with Gasteiger partial charge in [0.25, 0.3) is 5.91 Å². The van der Waals surface area contributed by atoms with Gasteiger partial charge in [-0.25, -0.2) is 4.68 Å². The van der Waals surface area contributed by atoms with E-state index in [-0.39, 0.29) is 11.9 Å². The van der Waals surface area contributed by atoms with Crippen LogP contribution in [0.4, 0.5) is 0 Å². The highest BCUT2D eigenvalue weighted by atomic mass is 16.5. The van der Waals surface area contributed by atoms with E-state index >= 15 is 0 Å². The van der Waals surface area contributed by atoms with Crippen molar-refractivity contribution in [3.63, 3.8) is 0 Å². The number of para-hydroxylation sites is 2. The summed E-state index contributed by atoms with van der Waals surface area (Å²) in [6, 6.07) is 19.2. The van der Waals surface area contributed by atoms with Gasteiger partial charge in [-0.3, -0.25) is 4.79 Å². The normalized spacial score (nSPS) is 13.8. The topological polar surface area (TPSA) is 91.0 Å². The number of carbonyl (C=O) groups excluding carboxylic acids is 1. The summed E-state index contributed by atoms with van der Waals surface area (Å²) in [6.45, 7) is 1.46. The number of hydrogen-bond donors (Lipinski definition) is 0. The minimum Gasteiger partial charge on any atom is -0.487 e. The molecule has 1 amide bonds. The third-order valence-corrected chi connectivity index (χ3v) is 4.91. The molecular formula is C21H19N7O2. The van der Waals surface area contributed by atoms with Gasteiger partial charge in [-0.15, -0.1) is 10.2 Å². The molecule has 0 bridgehead atoms. The van der Waals surface area contributed by atoms with E-state index in [1.807, 2.05) is 66.9 Å². The number of carbonyl (C=O) groups is 1. The van der Waals surface area contributed by atoms with Crippen LogP contribution in [0.5, 0.6) is 5.75 Å². The smallest absolute Gasteiger partial charge is 0.276 e. The average Bonchev–Trinajstić information content (AvgIpc) is 3.43. The molecule has 0 aliphatic carbocycles. The maximum absolute atomic E-state index is 12.7. The van der Waals surface area contributed by atoms with Crippen LogP contribution < -0.4 is 4.74 Å². The average molecular weight is 401 g/mol. The van der Waals surface area contributed by atoms with Crippen LogP contribution in [0.15, 0.2) is 73.1 Å². The van der Waals surface area contributed by atoms with E-state index in [9.17, 15) is 4.79 Å². The van der Waals surface area contributed by atoms with Crippen molar-refractivity contribution in [2.75, 3.05) is 13.1 Å². The minimum absolute atomic E-state index is 0.0936. The summed E-state index contributed by atoms with van der Waals surface area (Å²) in [5, 5.41) is 16.8. The summed E-state index contributed by atoms with van der Waals surface area (Å²) < 4.78 is 7.48. The molecule has 30 heavy (non-hydrogen) atoms. The molecule has 1 saturated heterocycles. The van der Waals surface area contributed by atoms with E-state index < -0.39 is 0 Å². The van der Waals surface area contributed by atoms with Gasteiger partial charge < -0.3 is 9.64 Å². The molecule has 4 aromatic rings. The Hall–Kier alpha value is -4.01. The van der Waals surface area contributed by atoms with Crippen molar-refractivity contribution in [2.45, 2.75) is 12.6 Å². The summed E-state index contributed by atoms with van der Waals surface area (Å²) >= 11 is 0. The Morgan fingerprint density at radius 1 is 1.03 bits per heavy atom. The van der Waals surface area contributed by atoms with Crippen LogP contribution in [-0.2, 0) is 6.61 Å². The highest BCUT2D eigenvalue weighted by Crippen LogP contribution is 2.22. The first-order chi connectivity index (χ1) is 14.8. The van der Waals surface area contributed by atoms with Gasteiger partial charge in [0.1, 0.15) is 18.1 Å². The molecule has 0 atom stereocenters. The molecule has 0 radical (unpaired) electrons. The minimum atomic E-state index is -0.138. The van der Waals surface area contributed by atoms with Crippen molar-refractivity contribution >= 4 is 5.91 Å². The molecular weight excluding hydrogens is 382 g/mol. The fraction of sp³-hybridized carbons (Fsp3) is 0.190. The van der Waals surface area contributed by atoms with Crippen LogP contribution in [0.3, 0.4) is 0 Å². The third kappa shape index (κ3) is 3.64. The van der Waals surface area contributed by atoms with Crippen LogP contribution >= 0.6 is 0 Å². The Morgan fingerprint density at radius 3 is 2.53 bits per heavy atom. The number of amides is 1. The summed E-state index contributed by atoms with van der Waals surface area (Å²) in [5.74, 6) is 0.650. The fourth-order valence-electron chi connectivity index (χ4n) is 3.23. The number of aromatic nitrogens is 6. The molecule has 1 aliphatic rings. The van der Waals surface area contributed by atoms with Crippen LogP contribution in [0, 0.1) is 0 Å². The van der Waals surface area contributed by atoms with E-state index in [4.69, 9.17) is 4.74 Å². The predicted octanol–water partition coefficient (Wildman–Crippen LogP) is 2.13. The highest BCUT2D eigenvalue weighted by molar-refractivity contribution is 5.92. The lowest BCUT2D eigenvalue weighted by atomic mass is 10.1. The van der Waals surface area contributed by atoms with Gasteiger partial charge >= 0.3 is 0 Å². The van der Waals surface area contributed by atoms with Crippen molar-refractivity contribution in [2.24, 2.45) is 0 Å². The summed E-state index contributed by atoms with van der Waals surface area (Å²) in [5.41, 5.74) is 1.88. The molecule has 2 aromatic carbocycles. The van der Waals surface area contributed by atoms with Gasteiger partial charge in [-0.05, 0) is 24.3 Å². The van der Waals surface area contributed by atoms with Gasteiger partial charge in [-0.1, -0.05) is 41.6 Å². The first-order valence-electron chi connectivity index (χ1n) is 9.62. The zero-order valence-electron chi connectivity index (χ0n) is 16.1. The summed E-state index contributed by atoms with van der Waals surface area (Å²) in [7, 11) is 0. The lowest BCUT2D eigenvalue weighted by Crippen LogP contribution is -2.51. The second-order valence-corrected chi connectivity index (χ2v) is 7.01. The van der Waals surface area contributed by atoms with Crippen molar-refractivity contribution in [3.8, 4) is 11.4 Å². The predicted molar refractivity (Wildman–Crippen MR) is 107 cm³/mol. The molecule has 1 fully saturated rings. The fourth-order valence-corrected chi connectivity index (χ4v) is 3.23. The number of hydrogen-bond acceptors (Lipinski definition) is 6. The Morgan fingerprint density at radius 2 is 1.77 bits per heavy atom. The number of benzene rings is 2. The van der Waals surface area contributed by atoms with E-state index in [0.29, 0.717) is 25.4 Å². The Balaban J connectivity index is 1.16. The first-order valence-corrected chi connectivity index (χ1v) is 9.62.